The fraction of sp³-hybridized carbons (Fsp3) is 0.462. The van der Waals surface area contributed by atoms with Gasteiger partial charge in [0.05, 0.1) is 12.8 Å². The van der Waals surface area contributed by atoms with Gasteiger partial charge in [0.2, 0.25) is 10.0 Å². The average molecular weight is 364 g/mol. The summed E-state index contributed by atoms with van der Waals surface area (Å²) in [4.78, 5) is 11.3. The van der Waals surface area contributed by atoms with E-state index in [4.69, 9.17) is 9.47 Å². The molecule has 3 rings (SSSR count). The first-order valence-corrected chi connectivity index (χ1v) is 8.35. The fourth-order valence-electron chi connectivity index (χ4n) is 2.50. The third kappa shape index (κ3) is 3.69. The number of benzene rings is 1. The quantitative estimate of drug-likeness (QED) is 0.700. The Kier molecular flexibility index (Phi) is 5.35. The lowest BCUT2D eigenvalue weighted by Gasteiger charge is -2.21. The lowest BCUT2D eigenvalue weighted by molar-refractivity contribution is -0.118. The lowest BCUT2D eigenvalue weighted by Crippen LogP contribution is -2.36. The highest BCUT2D eigenvalue weighted by Gasteiger charge is 2.28. The molecule has 1 fully saturated rings. The molecule has 1 saturated heterocycles. The van der Waals surface area contributed by atoms with Crippen LogP contribution in [0, 0.1) is 0 Å². The minimum Gasteiger partial charge on any atom is -0.495 e. The molecule has 23 heavy (non-hydrogen) atoms. The van der Waals surface area contributed by atoms with E-state index < -0.39 is 10.0 Å². The molecule has 3 N–H and O–H groups in total. The zero-order valence-corrected chi connectivity index (χ0v) is 14.1. The zero-order valence-electron chi connectivity index (χ0n) is 12.4. The maximum atomic E-state index is 12.6. The van der Waals surface area contributed by atoms with Crippen molar-refractivity contribution in [2.45, 2.75) is 17.4 Å². The third-order valence-electron chi connectivity index (χ3n) is 3.57. The van der Waals surface area contributed by atoms with E-state index in [9.17, 15) is 13.2 Å². The van der Waals surface area contributed by atoms with Crippen LogP contribution in [0.2, 0.25) is 0 Å². The Hall–Kier alpha value is -1.55. The first kappa shape index (κ1) is 17.8. The van der Waals surface area contributed by atoms with Crippen LogP contribution in [0.15, 0.2) is 17.0 Å². The zero-order chi connectivity index (χ0) is 15.7. The highest BCUT2D eigenvalue weighted by atomic mass is 35.5. The molecule has 0 aliphatic carbocycles. The number of sulfonamides is 1. The van der Waals surface area contributed by atoms with Crippen LogP contribution in [-0.4, -0.2) is 47.2 Å². The number of amides is 1. The molecule has 2 aliphatic rings. The van der Waals surface area contributed by atoms with E-state index in [2.05, 4.69) is 15.4 Å². The minimum absolute atomic E-state index is 0. The summed E-state index contributed by atoms with van der Waals surface area (Å²) in [5, 5.41) is 5.72. The molecular formula is C13H18ClN3O5S. The summed E-state index contributed by atoms with van der Waals surface area (Å²) in [6.45, 7) is 1.24. The van der Waals surface area contributed by atoms with E-state index >= 15 is 0 Å². The normalized spacial score (nSPS) is 20.0. The summed E-state index contributed by atoms with van der Waals surface area (Å²) < 4.78 is 38.2. The van der Waals surface area contributed by atoms with Crippen LogP contribution in [0.1, 0.15) is 6.42 Å². The van der Waals surface area contributed by atoms with Gasteiger partial charge in [-0.3, -0.25) is 4.79 Å². The van der Waals surface area contributed by atoms with Gasteiger partial charge in [-0.25, -0.2) is 13.1 Å². The minimum atomic E-state index is -3.74. The van der Waals surface area contributed by atoms with Gasteiger partial charge in [0.25, 0.3) is 5.91 Å². The summed E-state index contributed by atoms with van der Waals surface area (Å²) >= 11 is 0. The van der Waals surface area contributed by atoms with Crippen LogP contribution in [0.25, 0.3) is 0 Å². The van der Waals surface area contributed by atoms with E-state index in [-0.39, 0.29) is 41.6 Å². The van der Waals surface area contributed by atoms with Gasteiger partial charge in [-0.15, -0.1) is 12.4 Å². The number of nitrogens with one attached hydrogen (secondary N) is 3. The number of fused-ring (bicyclic) bond motifs is 1. The van der Waals surface area contributed by atoms with Crippen LogP contribution >= 0.6 is 12.4 Å². The van der Waals surface area contributed by atoms with Crippen LogP contribution in [0.4, 0.5) is 5.69 Å². The third-order valence-corrected chi connectivity index (χ3v) is 5.11. The largest absolute Gasteiger partial charge is 0.495 e. The number of rotatable bonds is 4. The van der Waals surface area contributed by atoms with Crippen molar-refractivity contribution in [2.75, 3.05) is 32.1 Å². The van der Waals surface area contributed by atoms with E-state index in [1.807, 2.05) is 0 Å². The van der Waals surface area contributed by atoms with Gasteiger partial charge in [-0.1, -0.05) is 0 Å². The number of carbonyl (C=O) groups excluding carboxylic acids is 1. The Balaban J connectivity index is 0.00000192. The van der Waals surface area contributed by atoms with Crippen LogP contribution < -0.4 is 24.8 Å². The molecule has 1 aromatic rings. The number of hydrogen-bond donors (Lipinski definition) is 3. The Bertz CT molecular complexity index is 704. The Labute approximate surface area is 140 Å². The molecule has 1 amide bonds. The Morgan fingerprint density at radius 3 is 2.83 bits per heavy atom. The molecule has 128 valence electrons. The molecule has 1 unspecified atom stereocenters. The highest BCUT2D eigenvalue weighted by molar-refractivity contribution is 7.89. The number of ether oxygens (including phenoxy) is 2. The van der Waals surface area contributed by atoms with E-state index in [0.29, 0.717) is 18.0 Å². The first-order chi connectivity index (χ1) is 10.5. The number of hydrogen-bond acceptors (Lipinski definition) is 6. The molecule has 1 atom stereocenters. The molecule has 0 saturated carbocycles. The fourth-order valence-corrected chi connectivity index (χ4v) is 3.93. The van der Waals surface area contributed by atoms with Crippen LogP contribution in [-0.2, 0) is 14.8 Å². The molecule has 0 aromatic heterocycles. The topological polar surface area (TPSA) is 106 Å². The predicted molar refractivity (Wildman–Crippen MR) is 86.0 cm³/mol. The summed E-state index contributed by atoms with van der Waals surface area (Å²) in [5.74, 6) is 0.175. The second kappa shape index (κ2) is 6.91. The second-order valence-corrected chi connectivity index (χ2v) is 6.83. The van der Waals surface area contributed by atoms with Crippen LogP contribution in [0.5, 0.6) is 11.5 Å². The Morgan fingerprint density at radius 1 is 1.39 bits per heavy atom. The van der Waals surface area contributed by atoms with Crippen molar-refractivity contribution in [3.05, 3.63) is 12.1 Å². The summed E-state index contributed by atoms with van der Waals surface area (Å²) in [6, 6.07) is 2.68. The molecule has 0 bridgehead atoms. The molecule has 10 heteroatoms. The average Bonchev–Trinajstić information content (AvgIpc) is 2.97. The summed E-state index contributed by atoms with van der Waals surface area (Å²) in [5.41, 5.74) is 0.398. The Morgan fingerprint density at radius 2 is 2.17 bits per heavy atom. The van der Waals surface area contributed by atoms with E-state index in [0.717, 1.165) is 13.0 Å². The molecule has 1 aromatic carbocycles. The number of anilines is 1. The van der Waals surface area contributed by atoms with Crippen molar-refractivity contribution in [1.82, 2.24) is 10.0 Å². The summed E-state index contributed by atoms with van der Waals surface area (Å²) in [6.07, 6.45) is 0.735. The van der Waals surface area contributed by atoms with Crippen molar-refractivity contribution >= 4 is 34.0 Å². The number of carbonyl (C=O) groups is 1. The molecule has 2 heterocycles. The van der Waals surface area contributed by atoms with Gasteiger partial charge < -0.3 is 20.1 Å². The van der Waals surface area contributed by atoms with Crippen molar-refractivity contribution in [1.29, 1.82) is 0 Å². The monoisotopic (exact) mass is 363 g/mol. The number of methoxy groups -OCH3 is 1. The molecule has 0 spiro atoms. The van der Waals surface area contributed by atoms with Crippen LogP contribution in [0.3, 0.4) is 0 Å². The van der Waals surface area contributed by atoms with Crippen molar-refractivity contribution in [3.8, 4) is 11.5 Å². The van der Waals surface area contributed by atoms with Gasteiger partial charge >= 0.3 is 0 Å². The molecule has 2 aliphatic heterocycles. The SMILES string of the molecule is COc1cc2c(cc1S(=O)(=O)NC1CCNC1)OCC(=O)N2.Cl. The van der Waals surface area contributed by atoms with Gasteiger partial charge in [-0.05, 0) is 13.0 Å². The molecule has 8 nitrogen and oxygen atoms in total. The molecule has 0 radical (unpaired) electrons. The highest BCUT2D eigenvalue weighted by Crippen LogP contribution is 2.37. The van der Waals surface area contributed by atoms with E-state index in [1.54, 1.807) is 0 Å². The smallest absolute Gasteiger partial charge is 0.262 e. The van der Waals surface area contributed by atoms with Crippen molar-refractivity contribution in [3.63, 3.8) is 0 Å². The second-order valence-electron chi connectivity index (χ2n) is 5.15. The predicted octanol–water partition coefficient (Wildman–Crippen LogP) is 0.0881. The maximum absolute atomic E-state index is 12.6. The van der Waals surface area contributed by atoms with Gasteiger partial charge in [-0.2, -0.15) is 0 Å². The summed E-state index contributed by atoms with van der Waals surface area (Å²) in [7, 11) is -2.36. The lowest BCUT2D eigenvalue weighted by atomic mass is 10.2. The van der Waals surface area contributed by atoms with Gasteiger partial charge in [0, 0.05) is 24.7 Å². The first-order valence-electron chi connectivity index (χ1n) is 6.87. The number of halogens is 1. The van der Waals surface area contributed by atoms with Crippen molar-refractivity contribution in [2.24, 2.45) is 0 Å². The molecular weight excluding hydrogens is 346 g/mol. The van der Waals surface area contributed by atoms with E-state index in [1.165, 1.54) is 19.2 Å². The van der Waals surface area contributed by atoms with Crippen molar-refractivity contribution < 1.29 is 22.7 Å². The maximum Gasteiger partial charge on any atom is 0.262 e. The van der Waals surface area contributed by atoms with Gasteiger partial charge in [0.15, 0.2) is 6.61 Å². The standard InChI is InChI=1S/C13H17N3O5S.ClH/c1-20-11-4-9-10(21-7-13(17)15-9)5-12(11)22(18,19)16-8-2-3-14-6-8;/h4-5,8,14,16H,2-3,6-7H2,1H3,(H,15,17);1H. The van der Waals surface area contributed by atoms with Gasteiger partial charge in [0.1, 0.15) is 16.4 Å².